The molecule has 2 heterocycles. The van der Waals surface area contributed by atoms with Gasteiger partial charge in [0.25, 0.3) is 5.91 Å². The van der Waals surface area contributed by atoms with Crippen molar-refractivity contribution in [2.75, 3.05) is 0 Å². The van der Waals surface area contributed by atoms with Gasteiger partial charge in [-0.1, -0.05) is 18.2 Å². The Bertz CT molecular complexity index is 915. The van der Waals surface area contributed by atoms with Gasteiger partial charge in [0, 0.05) is 11.6 Å². The zero-order chi connectivity index (χ0) is 17.4. The van der Waals surface area contributed by atoms with Crippen LogP contribution in [0.4, 0.5) is 0 Å². The summed E-state index contributed by atoms with van der Waals surface area (Å²) in [5.41, 5.74) is 2.14. The maximum atomic E-state index is 12.6. The minimum absolute atomic E-state index is 0.175. The first-order chi connectivity index (χ1) is 12.1. The summed E-state index contributed by atoms with van der Waals surface area (Å²) in [4.78, 5) is 21.1. The molecule has 6 nitrogen and oxygen atoms in total. The number of carbonyl (C=O) groups is 1. The van der Waals surface area contributed by atoms with E-state index in [-0.39, 0.29) is 24.0 Å². The molecule has 1 aliphatic rings. The lowest BCUT2D eigenvalue weighted by atomic mass is 9.75. The normalized spacial score (nSPS) is 20.9. The van der Waals surface area contributed by atoms with Gasteiger partial charge in [0.2, 0.25) is 0 Å². The molecule has 0 aliphatic heterocycles. The fourth-order valence-electron chi connectivity index (χ4n) is 3.37. The number of rotatable bonds is 4. The molecule has 0 bridgehead atoms. The number of carbonyl (C=O) groups excluding carboxylic acids is 1. The van der Waals surface area contributed by atoms with E-state index in [0.717, 1.165) is 16.5 Å². The van der Waals surface area contributed by atoms with Crippen LogP contribution in [0.3, 0.4) is 0 Å². The summed E-state index contributed by atoms with van der Waals surface area (Å²) < 4.78 is 5.12. The molecule has 4 rings (SSSR count). The quantitative estimate of drug-likeness (QED) is 0.764. The number of amides is 1. The third kappa shape index (κ3) is 3.00. The molecule has 0 saturated heterocycles. The van der Waals surface area contributed by atoms with E-state index in [9.17, 15) is 9.90 Å². The molecule has 1 atom stereocenters. The summed E-state index contributed by atoms with van der Waals surface area (Å²) in [6.45, 7) is 1.71. The molecule has 1 saturated carbocycles. The molecule has 6 heteroatoms. The summed E-state index contributed by atoms with van der Waals surface area (Å²) in [5, 5.41) is 13.8. The third-order valence-electron chi connectivity index (χ3n) is 4.84. The molecule has 3 aromatic rings. The van der Waals surface area contributed by atoms with E-state index in [2.05, 4.69) is 15.3 Å². The van der Waals surface area contributed by atoms with Crippen LogP contribution >= 0.6 is 0 Å². The maximum absolute atomic E-state index is 12.6. The average Bonchev–Trinajstić information content (AvgIpc) is 3.03. The second-order valence-corrected chi connectivity index (χ2v) is 6.55. The molecular weight excluding hydrogens is 318 g/mol. The Morgan fingerprint density at radius 1 is 1.32 bits per heavy atom. The highest BCUT2D eigenvalue weighted by Gasteiger charge is 2.36. The number of hydrogen-bond acceptors (Lipinski definition) is 5. The molecule has 0 spiro atoms. The lowest BCUT2D eigenvalue weighted by Crippen LogP contribution is -2.41. The van der Waals surface area contributed by atoms with Gasteiger partial charge in [-0.2, -0.15) is 0 Å². The Morgan fingerprint density at radius 2 is 2.12 bits per heavy atom. The zero-order valence-corrected chi connectivity index (χ0v) is 13.8. The molecule has 2 N–H and O–H groups in total. The van der Waals surface area contributed by atoms with Crippen molar-refractivity contribution in [3.63, 3.8) is 0 Å². The summed E-state index contributed by atoms with van der Waals surface area (Å²) in [6, 6.07) is 9.70. The highest BCUT2D eigenvalue weighted by molar-refractivity contribution is 5.93. The molecule has 128 valence electrons. The van der Waals surface area contributed by atoms with Crippen molar-refractivity contribution >= 4 is 16.8 Å². The molecule has 25 heavy (non-hydrogen) atoms. The van der Waals surface area contributed by atoms with Gasteiger partial charge in [-0.25, -0.2) is 4.98 Å². The summed E-state index contributed by atoms with van der Waals surface area (Å²) in [7, 11) is 0. The van der Waals surface area contributed by atoms with Gasteiger partial charge in [-0.15, -0.1) is 0 Å². The first-order valence-corrected chi connectivity index (χ1v) is 8.35. The van der Waals surface area contributed by atoms with Crippen LogP contribution in [0.1, 0.15) is 40.7 Å². The Morgan fingerprint density at radius 3 is 2.84 bits per heavy atom. The SMILES string of the molecule is Cc1ocnc1C(=O)N[C@@H](c1cnc2ccccc2c1)C1CC(O)C1. The zero-order valence-electron chi connectivity index (χ0n) is 13.8. The van der Waals surface area contributed by atoms with Crippen molar-refractivity contribution < 1.29 is 14.3 Å². The highest BCUT2D eigenvalue weighted by atomic mass is 16.3. The van der Waals surface area contributed by atoms with Gasteiger partial charge < -0.3 is 14.8 Å². The molecule has 1 amide bonds. The number of fused-ring (bicyclic) bond motifs is 1. The molecular formula is C19H19N3O3. The highest BCUT2D eigenvalue weighted by Crippen LogP contribution is 2.38. The van der Waals surface area contributed by atoms with Crippen LogP contribution in [0.2, 0.25) is 0 Å². The number of aliphatic hydroxyl groups excluding tert-OH is 1. The van der Waals surface area contributed by atoms with Crippen molar-refractivity contribution in [3.05, 3.63) is 59.9 Å². The number of aromatic nitrogens is 2. The van der Waals surface area contributed by atoms with Crippen LogP contribution in [0.5, 0.6) is 0 Å². The van der Waals surface area contributed by atoms with Crippen LogP contribution in [0.25, 0.3) is 10.9 Å². The smallest absolute Gasteiger partial charge is 0.274 e. The number of aliphatic hydroxyl groups is 1. The molecule has 2 aromatic heterocycles. The van der Waals surface area contributed by atoms with Crippen molar-refractivity contribution in [3.8, 4) is 0 Å². The van der Waals surface area contributed by atoms with Crippen molar-refractivity contribution in [1.29, 1.82) is 0 Å². The van der Waals surface area contributed by atoms with Crippen LogP contribution in [-0.2, 0) is 0 Å². The van der Waals surface area contributed by atoms with E-state index in [1.165, 1.54) is 6.39 Å². The van der Waals surface area contributed by atoms with E-state index in [0.29, 0.717) is 24.3 Å². The number of nitrogens with one attached hydrogen (secondary N) is 1. The lowest BCUT2D eigenvalue weighted by molar-refractivity contribution is 0.0234. The van der Waals surface area contributed by atoms with Crippen LogP contribution in [-0.4, -0.2) is 27.1 Å². The second-order valence-electron chi connectivity index (χ2n) is 6.55. The van der Waals surface area contributed by atoms with E-state index in [1.807, 2.05) is 30.3 Å². The number of aryl methyl sites for hydroxylation is 1. The van der Waals surface area contributed by atoms with Gasteiger partial charge in [0.05, 0.1) is 17.7 Å². The predicted molar refractivity (Wildman–Crippen MR) is 91.9 cm³/mol. The average molecular weight is 337 g/mol. The number of pyridine rings is 1. The summed E-state index contributed by atoms with van der Waals surface area (Å²) in [6.07, 6.45) is 4.09. The molecule has 1 fully saturated rings. The van der Waals surface area contributed by atoms with Gasteiger partial charge >= 0.3 is 0 Å². The van der Waals surface area contributed by atoms with Crippen molar-refractivity contribution in [1.82, 2.24) is 15.3 Å². The Balaban J connectivity index is 1.65. The molecule has 0 radical (unpaired) electrons. The number of nitrogens with zero attached hydrogens (tertiary/aromatic N) is 2. The number of para-hydroxylation sites is 1. The van der Waals surface area contributed by atoms with Gasteiger partial charge in [0.1, 0.15) is 5.76 Å². The number of oxazole rings is 1. The van der Waals surface area contributed by atoms with E-state index < -0.39 is 0 Å². The third-order valence-corrected chi connectivity index (χ3v) is 4.84. The first-order valence-electron chi connectivity index (χ1n) is 8.35. The van der Waals surface area contributed by atoms with Crippen molar-refractivity contribution in [2.24, 2.45) is 5.92 Å². The van der Waals surface area contributed by atoms with E-state index >= 15 is 0 Å². The minimum atomic E-state index is -0.299. The Labute approximate surface area is 144 Å². The largest absolute Gasteiger partial charge is 0.448 e. The topological polar surface area (TPSA) is 88.3 Å². The maximum Gasteiger partial charge on any atom is 0.274 e. The summed E-state index contributed by atoms with van der Waals surface area (Å²) in [5.74, 6) is 0.390. The Hall–Kier alpha value is -2.73. The fourth-order valence-corrected chi connectivity index (χ4v) is 3.37. The van der Waals surface area contributed by atoms with E-state index in [1.54, 1.807) is 13.1 Å². The fraction of sp³-hybridized carbons (Fsp3) is 0.316. The second kappa shape index (κ2) is 6.29. The number of benzene rings is 1. The van der Waals surface area contributed by atoms with Crippen LogP contribution < -0.4 is 5.32 Å². The van der Waals surface area contributed by atoms with Crippen LogP contribution in [0.15, 0.2) is 47.3 Å². The van der Waals surface area contributed by atoms with E-state index in [4.69, 9.17) is 4.42 Å². The van der Waals surface area contributed by atoms with Gasteiger partial charge in [-0.3, -0.25) is 9.78 Å². The first kappa shape index (κ1) is 15.8. The molecule has 1 aliphatic carbocycles. The predicted octanol–water partition coefficient (Wildman–Crippen LogP) is 2.77. The minimum Gasteiger partial charge on any atom is -0.448 e. The molecule has 1 aromatic carbocycles. The Kier molecular flexibility index (Phi) is 3.97. The van der Waals surface area contributed by atoms with Gasteiger partial charge in [0.15, 0.2) is 12.1 Å². The summed E-state index contributed by atoms with van der Waals surface area (Å²) >= 11 is 0. The van der Waals surface area contributed by atoms with Crippen molar-refractivity contribution in [2.45, 2.75) is 31.9 Å². The monoisotopic (exact) mass is 337 g/mol. The molecule has 0 unspecified atom stereocenters. The number of hydrogen-bond donors (Lipinski definition) is 2. The van der Waals surface area contributed by atoms with Gasteiger partial charge in [-0.05, 0) is 43.4 Å². The standard InChI is InChI=1S/C19H19N3O3/c1-11-17(21-10-25-11)19(24)22-18(13-7-15(23)8-13)14-6-12-4-2-3-5-16(12)20-9-14/h2-6,9-10,13,15,18,23H,7-8H2,1H3,(H,22,24)/t13?,15?,18-/m1/s1. The lowest BCUT2D eigenvalue weighted by Gasteiger charge is -2.38. The van der Waals surface area contributed by atoms with Crippen LogP contribution in [0, 0.1) is 12.8 Å².